The summed E-state index contributed by atoms with van der Waals surface area (Å²) in [5.41, 5.74) is 2.39. The van der Waals surface area contributed by atoms with Crippen molar-refractivity contribution in [1.82, 2.24) is 0 Å². The van der Waals surface area contributed by atoms with E-state index >= 15 is 0 Å². The van der Waals surface area contributed by atoms with Crippen LogP contribution in [-0.2, 0) is 4.74 Å². The van der Waals surface area contributed by atoms with Crippen LogP contribution < -0.4 is 0 Å². The minimum atomic E-state index is -0.461. The van der Waals surface area contributed by atoms with E-state index in [0.717, 1.165) is 3.57 Å². The van der Waals surface area contributed by atoms with E-state index in [1.54, 1.807) is 12.1 Å². The molecular weight excluding hydrogens is 427 g/mol. The standard InChI is InChI=1S/C21H21IO3/c22-19-9-5-4-8-18(19)21(24)25-14-20(23)17-12-10-16(11-13-17)15-6-2-1-3-7-15/h4-5,8-13,15H,1-3,6-7,14H2. The van der Waals surface area contributed by atoms with Crippen molar-refractivity contribution in [1.29, 1.82) is 0 Å². The number of benzene rings is 2. The molecule has 4 heteroatoms. The van der Waals surface area contributed by atoms with Crippen molar-refractivity contribution in [2.75, 3.05) is 6.61 Å². The molecule has 1 fully saturated rings. The summed E-state index contributed by atoms with van der Waals surface area (Å²) in [4.78, 5) is 24.4. The highest BCUT2D eigenvalue weighted by Gasteiger charge is 2.17. The Morgan fingerprint density at radius 2 is 1.64 bits per heavy atom. The molecule has 1 aliphatic carbocycles. The fourth-order valence-corrected chi connectivity index (χ4v) is 3.90. The Morgan fingerprint density at radius 1 is 0.960 bits per heavy atom. The second-order valence-corrected chi connectivity index (χ2v) is 7.60. The van der Waals surface area contributed by atoms with Gasteiger partial charge in [-0.1, -0.05) is 55.7 Å². The number of Topliss-reactive ketones (excluding diaryl/α,β-unsaturated/α-hetero) is 1. The van der Waals surface area contributed by atoms with Gasteiger partial charge in [0.1, 0.15) is 0 Å². The molecule has 130 valence electrons. The average Bonchev–Trinajstić information content (AvgIpc) is 2.67. The summed E-state index contributed by atoms with van der Waals surface area (Å²) in [7, 11) is 0. The number of ketones is 1. The highest BCUT2D eigenvalue weighted by Crippen LogP contribution is 2.32. The lowest BCUT2D eigenvalue weighted by atomic mass is 9.84. The Morgan fingerprint density at radius 3 is 2.32 bits per heavy atom. The number of carbonyl (C=O) groups is 2. The minimum absolute atomic E-state index is 0.172. The molecule has 2 aromatic rings. The van der Waals surface area contributed by atoms with E-state index in [1.807, 2.05) is 36.4 Å². The maximum Gasteiger partial charge on any atom is 0.339 e. The Kier molecular flexibility index (Phi) is 6.24. The predicted octanol–water partition coefficient (Wildman–Crippen LogP) is 5.38. The van der Waals surface area contributed by atoms with Crippen LogP contribution >= 0.6 is 22.6 Å². The second-order valence-electron chi connectivity index (χ2n) is 6.44. The molecule has 25 heavy (non-hydrogen) atoms. The van der Waals surface area contributed by atoms with Gasteiger partial charge in [0.05, 0.1) is 5.56 Å². The molecule has 0 radical (unpaired) electrons. The summed E-state index contributed by atoms with van der Waals surface area (Å²) in [5.74, 6) is -0.0115. The normalized spacial score (nSPS) is 14.9. The highest BCUT2D eigenvalue weighted by molar-refractivity contribution is 14.1. The zero-order valence-electron chi connectivity index (χ0n) is 14.0. The van der Waals surface area contributed by atoms with Crippen molar-refractivity contribution in [3.05, 3.63) is 68.8 Å². The first kappa shape index (κ1) is 18.1. The van der Waals surface area contributed by atoms with E-state index in [-0.39, 0.29) is 12.4 Å². The molecule has 3 nitrogen and oxygen atoms in total. The molecule has 0 bridgehead atoms. The van der Waals surface area contributed by atoms with E-state index < -0.39 is 5.97 Å². The van der Waals surface area contributed by atoms with Crippen LogP contribution in [0, 0.1) is 3.57 Å². The summed E-state index contributed by atoms with van der Waals surface area (Å²) in [6.07, 6.45) is 6.39. The lowest BCUT2D eigenvalue weighted by molar-refractivity contribution is 0.0473. The monoisotopic (exact) mass is 448 g/mol. The molecule has 0 atom stereocenters. The van der Waals surface area contributed by atoms with Gasteiger partial charge in [-0.15, -0.1) is 0 Å². The van der Waals surface area contributed by atoms with Gasteiger partial charge in [0, 0.05) is 9.13 Å². The van der Waals surface area contributed by atoms with Crippen LogP contribution in [0.25, 0.3) is 0 Å². The number of halogens is 1. The van der Waals surface area contributed by atoms with E-state index in [9.17, 15) is 9.59 Å². The maximum absolute atomic E-state index is 12.3. The molecule has 0 N–H and O–H groups in total. The first-order valence-corrected chi connectivity index (χ1v) is 9.78. The van der Waals surface area contributed by atoms with E-state index in [0.29, 0.717) is 17.0 Å². The Hall–Kier alpha value is -1.69. The van der Waals surface area contributed by atoms with Gasteiger partial charge < -0.3 is 4.74 Å². The SMILES string of the molecule is O=C(COC(=O)c1ccccc1I)c1ccc(C2CCCCC2)cc1. The second kappa shape index (κ2) is 8.61. The Bertz CT molecular complexity index is 746. The van der Waals surface area contributed by atoms with Gasteiger partial charge in [0.25, 0.3) is 0 Å². The van der Waals surface area contributed by atoms with Crippen molar-refractivity contribution in [3.63, 3.8) is 0 Å². The molecule has 0 unspecified atom stereocenters. The quantitative estimate of drug-likeness (QED) is 0.351. The van der Waals surface area contributed by atoms with Crippen molar-refractivity contribution >= 4 is 34.3 Å². The third-order valence-corrected chi connectivity index (χ3v) is 5.68. The highest BCUT2D eigenvalue weighted by atomic mass is 127. The lowest BCUT2D eigenvalue weighted by Crippen LogP contribution is -2.15. The average molecular weight is 448 g/mol. The van der Waals surface area contributed by atoms with Gasteiger partial charge in [-0.05, 0) is 59.0 Å². The lowest BCUT2D eigenvalue weighted by Gasteiger charge is -2.22. The van der Waals surface area contributed by atoms with Crippen molar-refractivity contribution in [3.8, 4) is 0 Å². The van der Waals surface area contributed by atoms with E-state index in [1.165, 1.54) is 37.7 Å². The third kappa shape index (κ3) is 4.69. The van der Waals surface area contributed by atoms with E-state index in [2.05, 4.69) is 22.6 Å². The number of esters is 1. The molecule has 0 heterocycles. The summed E-state index contributed by atoms with van der Waals surface area (Å²) < 4.78 is 5.99. The fourth-order valence-electron chi connectivity index (χ4n) is 3.30. The van der Waals surface area contributed by atoms with E-state index in [4.69, 9.17) is 4.74 Å². The molecular formula is C21H21IO3. The molecule has 0 aromatic heterocycles. The maximum atomic E-state index is 12.3. The molecule has 2 aromatic carbocycles. The first-order chi connectivity index (χ1) is 12.1. The van der Waals surface area contributed by atoms with Crippen LogP contribution in [0.3, 0.4) is 0 Å². The summed E-state index contributed by atoms with van der Waals surface area (Å²) in [5, 5.41) is 0. The third-order valence-electron chi connectivity index (χ3n) is 4.74. The molecule has 0 spiro atoms. The topological polar surface area (TPSA) is 43.4 Å². The van der Waals surface area contributed by atoms with Gasteiger partial charge in [0.2, 0.25) is 0 Å². The molecule has 1 aliphatic rings. The van der Waals surface area contributed by atoms with Crippen LogP contribution in [0.4, 0.5) is 0 Å². The van der Waals surface area contributed by atoms with Crippen molar-refractivity contribution in [2.45, 2.75) is 38.0 Å². The smallest absolute Gasteiger partial charge is 0.339 e. The zero-order chi connectivity index (χ0) is 17.6. The van der Waals surface area contributed by atoms with Gasteiger partial charge in [-0.2, -0.15) is 0 Å². The number of hydrogen-bond donors (Lipinski definition) is 0. The molecule has 1 saturated carbocycles. The van der Waals surface area contributed by atoms with Crippen LogP contribution in [-0.4, -0.2) is 18.4 Å². The summed E-state index contributed by atoms with van der Waals surface area (Å²) in [6.45, 7) is -0.230. The minimum Gasteiger partial charge on any atom is -0.454 e. The zero-order valence-corrected chi connectivity index (χ0v) is 16.2. The summed E-state index contributed by atoms with van der Waals surface area (Å²) >= 11 is 2.08. The summed E-state index contributed by atoms with van der Waals surface area (Å²) in [6, 6.07) is 15.0. The molecule has 0 aliphatic heterocycles. The number of hydrogen-bond acceptors (Lipinski definition) is 3. The number of ether oxygens (including phenoxy) is 1. The fraction of sp³-hybridized carbons (Fsp3) is 0.333. The first-order valence-electron chi connectivity index (χ1n) is 8.70. The van der Waals surface area contributed by atoms with Gasteiger partial charge in [0.15, 0.2) is 12.4 Å². The Labute approximate surface area is 161 Å². The number of rotatable bonds is 5. The van der Waals surface area contributed by atoms with Crippen molar-refractivity contribution in [2.24, 2.45) is 0 Å². The van der Waals surface area contributed by atoms with Gasteiger partial charge in [-0.3, -0.25) is 4.79 Å². The molecule has 0 amide bonds. The largest absolute Gasteiger partial charge is 0.454 e. The van der Waals surface area contributed by atoms with Gasteiger partial charge >= 0.3 is 5.97 Å². The molecule has 3 rings (SSSR count). The van der Waals surface area contributed by atoms with Crippen LogP contribution in [0.2, 0.25) is 0 Å². The van der Waals surface area contributed by atoms with Crippen LogP contribution in [0.5, 0.6) is 0 Å². The predicted molar refractivity (Wildman–Crippen MR) is 106 cm³/mol. The Balaban J connectivity index is 1.58. The number of carbonyl (C=O) groups excluding carboxylic acids is 2. The molecule has 0 saturated heterocycles. The van der Waals surface area contributed by atoms with Crippen molar-refractivity contribution < 1.29 is 14.3 Å². The van der Waals surface area contributed by atoms with Crippen LogP contribution in [0.1, 0.15) is 64.3 Å². The van der Waals surface area contributed by atoms with Gasteiger partial charge in [-0.25, -0.2) is 4.79 Å². The van der Waals surface area contributed by atoms with Crippen LogP contribution in [0.15, 0.2) is 48.5 Å².